The van der Waals surface area contributed by atoms with Gasteiger partial charge in [0.15, 0.2) is 0 Å². The number of nitro groups is 1. The summed E-state index contributed by atoms with van der Waals surface area (Å²) in [5, 5.41) is 11.4. The Labute approximate surface area is 138 Å². The van der Waals surface area contributed by atoms with E-state index in [4.69, 9.17) is 4.74 Å². The highest BCUT2D eigenvalue weighted by Crippen LogP contribution is 2.32. The van der Waals surface area contributed by atoms with E-state index < -0.39 is 40.2 Å². The van der Waals surface area contributed by atoms with Gasteiger partial charge in [0.25, 0.3) is 0 Å². The average molecular weight is 342 g/mol. The molecule has 1 amide bonds. The van der Waals surface area contributed by atoms with Crippen molar-refractivity contribution in [3.63, 3.8) is 0 Å². The molecule has 1 aliphatic heterocycles. The van der Waals surface area contributed by atoms with Gasteiger partial charge in [-0.2, -0.15) is 0 Å². The lowest BCUT2D eigenvalue weighted by Crippen LogP contribution is -2.50. The zero-order valence-corrected chi connectivity index (χ0v) is 13.8. The van der Waals surface area contributed by atoms with E-state index in [1.807, 2.05) is 0 Å². The molecule has 0 unspecified atom stereocenters. The van der Waals surface area contributed by atoms with Crippen molar-refractivity contribution < 1.29 is 23.2 Å². The largest absolute Gasteiger partial charge is 0.444 e. The molecular formula is C16H20F2N2O4. The van der Waals surface area contributed by atoms with Gasteiger partial charge >= 0.3 is 6.09 Å². The Bertz CT molecular complexity index is 645. The van der Waals surface area contributed by atoms with Crippen molar-refractivity contribution in [2.45, 2.75) is 44.8 Å². The molecule has 0 spiro atoms. The second kappa shape index (κ2) is 6.70. The molecule has 1 aromatic rings. The Balaban J connectivity index is 2.20. The minimum absolute atomic E-state index is 0.0990. The molecule has 0 bridgehead atoms. The Morgan fingerprint density at radius 1 is 1.38 bits per heavy atom. The summed E-state index contributed by atoms with van der Waals surface area (Å²) in [7, 11) is 0. The molecule has 2 atom stereocenters. The molecule has 1 saturated heterocycles. The number of nitrogens with zero attached hydrogens (tertiary/aromatic N) is 2. The molecule has 1 heterocycles. The third-order valence-corrected chi connectivity index (χ3v) is 3.87. The number of halogens is 2. The summed E-state index contributed by atoms with van der Waals surface area (Å²) in [6.07, 6.45) is -0.430. The number of hydrogen-bond donors (Lipinski definition) is 0. The molecule has 24 heavy (non-hydrogen) atoms. The summed E-state index contributed by atoms with van der Waals surface area (Å²) < 4.78 is 32.3. The molecule has 8 heteroatoms. The lowest BCUT2D eigenvalue weighted by molar-refractivity contribution is -0.529. The van der Waals surface area contributed by atoms with Crippen molar-refractivity contribution >= 4 is 6.09 Å². The zero-order valence-electron chi connectivity index (χ0n) is 13.8. The number of likely N-dealkylation sites (tertiary alicyclic amines) is 1. The van der Waals surface area contributed by atoms with Crippen molar-refractivity contribution in [2.75, 3.05) is 13.1 Å². The molecular weight excluding hydrogens is 322 g/mol. The van der Waals surface area contributed by atoms with Crippen LogP contribution in [0.3, 0.4) is 0 Å². The number of rotatable bonds is 2. The van der Waals surface area contributed by atoms with Crippen molar-refractivity contribution in [2.24, 2.45) is 0 Å². The minimum Gasteiger partial charge on any atom is -0.444 e. The molecule has 0 saturated carbocycles. The Morgan fingerprint density at radius 3 is 2.58 bits per heavy atom. The molecule has 0 radical (unpaired) electrons. The van der Waals surface area contributed by atoms with Gasteiger partial charge in [-0.25, -0.2) is 13.6 Å². The standard InChI is InChI=1S/C16H20F2N2O4/c1-16(2,3)24-15(21)19-7-6-12(14(9-19)20(22)23)11-5-4-10(17)8-13(11)18/h4-5,8,12,14H,6-7,9H2,1-3H3/t12-,14+/m0/s1. The first-order valence-electron chi connectivity index (χ1n) is 7.65. The maximum absolute atomic E-state index is 14.0. The summed E-state index contributed by atoms with van der Waals surface area (Å²) in [6, 6.07) is 1.85. The third kappa shape index (κ3) is 4.18. The Morgan fingerprint density at radius 2 is 2.04 bits per heavy atom. The van der Waals surface area contributed by atoms with E-state index in [0.29, 0.717) is 6.07 Å². The van der Waals surface area contributed by atoms with Gasteiger partial charge < -0.3 is 9.64 Å². The van der Waals surface area contributed by atoms with Crippen LogP contribution < -0.4 is 0 Å². The van der Waals surface area contributed by atoms with Gasteiger partial charge in [-0.1, -0.05) is 6.07 Å². The van der Waals surface area contributed by atoms with Gasteiger partial charge in [0, 0.05) is 17.5 Å². The van der Waals surface area contributed by atoms with Crippen molar-refractivity contribution in [1.29, 1.82) is 0 Å². The smallest absolute Gasteiger partial charge is 0.410 e. The van der Waals surface area contributed by atoms with Gasteiger partial charge in [-0.15, -0.1) is 0 Å². The predicted molar refractivity (Wildman–Crippen MR) is 82.3 cm³/mol. The van der Waals surface area contributed by atoms with Crippen molar-refractivity contribution in [3.05, 3.63) is 45.5 Å². The van der Waals surface area contributed by atoms with Crippen LogP contribution in [0.5, 0.6) is 0 Å². The van der Waals surface area contributed by atoms with Gasteiger partial charge in [-0.05, 0) is 38.8 Å². The second-order valence-electron chi connectivity index (χ2n) is 6.84. The molecule has 0 N–H and O–H groups in total. The van der Waals surface area contributed by atoms with E-state index in [2.05, 4.69) is 0 Å². The Kier molecular flexibility index (Phi) is 5.05. The summed E-state index contributed by atoms with van der Waals surface area (Å²) in [6.45, 7) is 5.15. The highest BCUT2D eigenvalue weighted by atomic mass is 19.1. The maximum atomic E-state index is 14.0. The first-order valence-corrected chi connectivity index (χ1v) is 7.65. The third-order valence-electron chi connectivity index (χ3n) is 3.87. The predicted octanol–water partition coefficient (Wildman–Crippen LogP) is 3.33. The van der Waals surface area contributed by atoms with Crippen molar-refractivity contribution in [1.82, 2.24) is 4.90 Å². The molecule has 1 aliphatic rings. The number of piperidine rings is 1. The molecule has 1 aromatic carbocycles. The summed E-state index contributed by atoms with van der Waals surface area (Å²) in [4.78, 5) is 24.2. The summed E-state index contributed by atoms with van der Waals surface area (Å²) >= 11 is 0. The number of carbonyl (C=O) groups is 1. The minimum atomic E-state index is -1.17. The van der Waals surface area contributed by atoms with E-state index in [9.17, 15) is 23.7 Å². The normalized spacial score (nSPS) is 21.5. The fraction of sp³-hybridized carbons (Fsp3) is 0.562. The summed E-state index contributed by atoms with van der Waals surface area (Å²) in [5.41, 5.74) is -0.608. The lowest BCUT2D eigenvalue weighted by Gasteiger charge is -2.35. The monoisotopic (exact) mass is 342 g/mol. The molecule has 1 fully saturated rings. The van der Waals surface area contributed by atoms with Crippen LogP contribution in [0.4, 0.5) is 13.6 Å². The topological polar surface area (TPSA) is 72.7 Å². The van der Waals surface area contributed by atoms with Crippen LogP contribution in [0.15, 0.2) is 18.2 Å². The van der Waals surface area contributed by atoms with Crippen LogP contribution in [0, 0.1) is 21.7 Å². The first kappa shape index (κ1) is 18.1. The van der Waals surface area contributed by atoms with Crippen LogP contribution in [0.25, 0.3) is 0 Å². The second-order valence-corrected chi connectivity index (χ2v) is 6.84. The fourth-order valence-corrected chi connectivity index (χ4v) is 2.80. The highest BCUT2D eigenvalue weighted by Gasteiger charge is 2.42. The van der Waals surface area contributed by atoms with E-state index in [0.717, 1.165) is 6.07 Å². The number of ether oxygens (including phenoxy) is 1. The fourth-order valence-electron chi connectivity index (χ4n) is 2.80. The van der Waals surface area contributed by atoms with Gasteiger partial charge in [0.2, 0.25) is 6.04 Å². The van der Waals surface area contributed by atoms with Crippen LogP contribution in [0.2, 0.25) is 0 Å². The number of benzene rings is 1. The zero-order chi connectivity index (χ0) is 18.1. The Hall–Kier alpha value is -2.25. The van der Waals surface area contributed by atoms with E-state index in [1.165, 1.54) is 11.0 Å². The molecule has 6 nitrogen and oxygen atoms in total. The van der Waals surface area contributed by atoms with Gasteiger partial charge in [0.1, 0.15) is 17.2 Å². The molecule has 2 rings (SSSR count). The van der Waals surface area contributed by atoms with Crippen LogP contribution in [-0.4, -0.2) is 40.6 Å². The maximum Gasteiger partial charge on any atom is 0.410 e. The van der Waals surface area contributed by atoms with Gasteiger partial charge in [-0.3, -0.25) is 10.1 Å². The average Bonchev–Trinajstić information content (AvgIpc) is 2.45. The lowest BCUT2D eigenvalue weighted by atomic mass is 9.85. The van der Waals surface area contributed by atoms with E-state index >= 15 is 0 Å². The van der Waals surface area contributed by atoms with Crippen molar-refractivity contribution in [3.8, 4) is 0 Å². The molecule has 0 aromatic heterocycles. The highest BCUT2D eigenvalue weighted by molar-refractivity contribution is 5.68. The number of hydrogen-bond acceptors (Lipinski definition) is 4. The number of amides is 1. The van der Waals surface area contributed by atoms with Crippen LogP contribution >= 0.6 is 0 Å². The molecule has 132 valence electrons. The van der Waals surface area contributed by atoms with E-state index in [1.54, 1.807) is 20.8 Å². The number of carbonyl (C=O) groups excluding carboxylic acids is 1. The summed E-state index contributed by atoms with van der Waals surface area (Å²) in [5.74, 6) is -2.27. The van der Waals surface area contributed by atoms with Crippen LogP contribution in [-0.2, 0) is 4.74 Å². The van der Waals surface area contributed by atoms with Gasteiger partial charge in [0.05, 0.1) is 12.5 Å². The first-order chi connectivity index (χ1) is 11.1. The SMILES string of the molecule is CC(C)(C)OC(=O)N1CC[C@@H](c2ccc(F)cc2F)[C@H]([N+](=O)[O-])C1. The van der Waals surface area contributed by atoms with E-state index in [-0.39, 0.29) is 25.1 Å². The van der Waals surface area contributed by atoms with Crippen LogP contribution in [0.1, 0.15) is 38.7 Å². The molecule has 0 aliphatic carbocycles. The quantitative estimate of drug-likeness (QED) is 0.610.